The van der Waals surface area contributed by atoms with E-state index in [-0.39, 0.29) is 5.91 Å². The Morgan fingerprint density at radius 1 is 1.77 bits per heavy atom. The predicted octanol–water partition coefficient (Wildman–Crippen LogP) is 0.244. The molecule has 13 heavy (non-hydrogen) atoms. The van der Waals surface area contributed by atoms with Gasteiger partial charge in [-0.1, -0.05) is 12.0 Å². The highest BCUT2D eigenvalue weighted by atomic mass is 16.2. The van der Waals surface area contributed by atoms with Gasteiger partial charge in [0.15, 0.2) is 0 Å². The van der Waals surface area contributed by atoms with Crippen LogP contribution in [0, 0.1) is 12.3 Å². The minimum Gasteiger partial charge on any atom is -0.331 e. The van der Waals surface area contributed by atoms with Crippen molar-refractivity contribution in [3.63, 3.8) is 0 Å². The lowest BCUT2D eigenvalue weighted by Gasteiger charge is -2.17. The molecule has 0 aliphatic heterocycles. The van der Waals surface area contributed by atoms with E-state index in [1.807, 2.05) is 6.92 Å². The van der Waals surface area contributed by atoms with E-state index in [2.05, 4.69) is 17.8 Å². The minimum atomic E-state index is 0.0299. The molecule has 0 aliphatic carbocycles. The Bertz CT molecular complexity index is 205. The zero-order valence-corrected chi connectivity index (χ0v) is 8.05. The molecule has 0 fully saturated rings. The number of hydrogen-bond donors (Lipinski definition) is 1. The fourth-order valence-electron chi connectivity index (χ4n) is 0.879. The lowest BCUT2D eigenvalue weighted by atomic mass is 10.4. The van der Waals surface area contributed by atoms with E-state index in [0.29, 0.717) is 26.2 Å². The van der Waals surface area contributed by atoms with Crippen LogP contribution >= 0.6 is 0 Å². The molecule has 0 unspecified atom stereocenters. The Morgan fingerprint density at radius 3 is 2.92 bits per heavy atom. The molecule has 0 aromatic rings. The second-order valence-electron chi connectivity index (χ2n) is 2.53. The molecule has 0 saturated heterocycles. The van der Waals surface area contributed by atoms with Crippen molar-refractivity contribution < 1.29 is 4.79 Å². The minimum absolute atomic E-state index is 0.0299. The summed E-state index contributed by atoms with van der Waals surface area (Å²) in [6, 6.07) is 0. The molecule has 0 radical (unpaired) electrons. The number of nitrogens with zero attached hydrogens (tertiary/aromatic N) is 1. The summed E-state index contributed by atoms with van der Waals surface area (Å²) in [5.74, 6) is 2.48. The normalized spacial score (nSPS) is 8.92. The Balaban J connectivity index is 3.78. The van der Waals surface area contributed by atoms with Crippen molar-refractivity contribution in [2.75, 3.05) is 26.2 Å². The Kier molecular flexibility index (Phi) is 6.66. The number of carbonyl (C=O) groups excluding carboxylic acids is 1. The topological polar surface area (TPSA) is 32.3 Å². The molecule has 3 heteroatoms. The van der Waals surface area contributed by atoms with Crippen LogP contribution in [0.3, 0.4) is 0 Å². The van der Waals surface area contributed by atoms with Gasteiger partial charge < -0.3 is 10.2 Å². The number of terminal acetylenes is 1. The Labute approximate surface area is 79.8 Å². The van der Waals surface area contributed by atoms with E-state index >= 15 is 0 Å². The maximum Gasteiger partial charge on any atom is 0.237 e. The monoisotopic (exact) mass is 180 g/mol. The van der Waals surface area contributed by atoms with Crippen LogP contribution in [-0.4, -0.2) is 37.0 Å². The number of likely N-dealkylation sites (N-methyl/N-ethyl adjacent to an activating group) is 1. The van der Waals surface area contributed by atoms with E-state index in [0.717, 1.165) is 0 Å². The SMILES string of the molecule is C#CCN(CC)C(=O)CNCC=C. The third-order valence-electron chi connectivity index (χ3n) is 1.58. The van der Waals surface area contributed by atoms with Crippen molar-refractivity contribution >= 4 is 5.91 Å². The van der Waals surface area contributed by atoms with Gasteiger partial charge >= 0.3 is 0 Å². The molecule has 1 N–H and O–H groups in total. The molecule has 3 nitrogen and oxygen atoms in total. The van der Waals surface area contributed by atoms with Crippen molar-refractivity contribution in [1.82, 2.24) is 10.2 Å². The summed E-state index contributed by atoms with van der Waals surface area (Å²) in [7, 11) is 0. The number of nitrogens with one attached hydrogen (secondary N) is 1. The molecule has 0 aromatic heterocycles. The zero-order chi connectivity index (χ0) is 10.1. The summed E-state index contributed by atoms with van der Waals surface area (Å²) < 4.78 is 0. The van der Waals surface area contributed by atoms with Crippen molar-refractivity contribution in [3.05, 3.63) is 12.7 Å². The lowest BCUT2D eigenvalue weighted by molar-refractivity contribution is -0.129. The van der Waals surface area contributed by atoms with Crippen LogP contribution in [-0.2, 0) is 4.79 Å². The first kappa shape index (κ1) is 11.7. The summed E-state index contributed by atoms with van der Waals surface area (Å²) >= 11 is 0. The van der Waals surface area contributed by atoms with Gasteiger partial charge in [0.1, 0.15) is 0 Å². The summed E-state index contributed by atoms with van der Waals surface area (Å²) in [5, 5.41) is 2.93. The third kappa shape index (κ3) is 5.05. The average Bonchev–Trinajstić information content (AvgIpc) is 2.14. The van der Waals surface area contributed by atoms with Crippen molar-refractivity contribution in [2.45, 2.75) is 6.92 Å². The second kappa shape index (κ2) is 7.38. The molecular weight excluding hydrogens is 164 g/mol. The molecule has 0 atom stereocenters. The molecule has 0 aliphatic rings. The largest absolute Gasteiger partial charge is 0.331 e. The van der Waals surface area contributed by atoms with Gasteiger partial charge in [-0.2, -0.15) is 0 Å². The first-order chi connectivity index (χ1) is 6.26. The van der Waals surface area contributed by atoms with Crippen LogP contribution in [0.15, 0.2) is 12.7 Å². The molecule has 1 amide bonds. The van der Waals surface area contributed by atoms with Crippen molar-refractivity contribution in [1.29, 1.82) is 0 Å². The highest BCUT2D eigenvalue weighted by Crippen LogP contribution is 1.86. The van der Waals surface area contributed by atoms with E-state index < -0.39 is 0 Å². The first-order valence-corrected chi connectivity index (χ1v) is 4.29. The van der Waals surface area contributed by atoms with Crippen molar-refractivity contribution in [3.8, 4) is 12.3 Å². The summed E-state index contributed by atoms with van der Waals surface area (Å²) in [6.07, 6.45) is 6.83. The maximum absolute atomic E-state index is 11.4. The van der Waals surface area contributed by atoms with E-state index in [1.54, 1.807) is 11.0 Å². The zero-order valence-electron chi connectivity index (χ0n) is 8.05. The summed E-state index contributed by atoms with van der Waals surface area (Å²) in [4.78, 5) is 13.0. The molecular formula is C10H16N2O. The number of carbonyl (C=O) groups is 1. The summed E-state index contributed by atoms with van der Waals surface area (Å²) in [6.45, 7) is 7.44. The van der Waals surface area contributed by atoms with E-state index in [9.17, 15) is 4.79 Å². The third-order valence-corrected chi connectivity index (χ3v) is 1.58. The smallest absolute Gasteiger partial charge is 0.237 e. The van der Waals surface area contributed by atoms with Crippen LogP contribution in [0.1, 0.15) is 6.92 Å². The molecule has 0 saturated carbocycles. The van der Waals surface area contributed by atoms with Gasteiger partial charge in [-0.15, -0.1) is 13.0 Å². The average molecular weight is 180 g/mol. The second-order valence-corrected chi connectivity index (χ2v) is 2.53. The van der Waals surface area contributed by atoms with E-state index in [4.69, 9.17) is 6.42 Å². The van der Waals surface area contributed by atoms with Gasteiger partial charge in [-0.3, -0.25) is 4.79 Å². The maximum atomic E-state index is 11.4. The molecule has 0 bridgehead atoms. The quantitative estimate of drug-likeness (QED) is 0.361. The van der Waals surface area contributed by atoms with Crippen LogP contribution in [0.5, 0.6) is 0 Å². The fraction of sp³-hybridized carbons (Fsp3) is 0.500. The van der Waals surface area contributed by atoms with Crippen LogP contribution < -0.4 is 5.32 Å². The number of amides is 1. The first-order valence-electron chi connectivity index (χ1n) is 4.29. The van der Waals surface area contributed by atoms with Gasteiger partial charge in [0, 0.05) is 13.1 Å². The van der Waals surface area contributed by atoms with Crippen LogP contribution in [0.4, 0.5) is 0 Å². The van der Waals surface area contributed by atoms with E-state index in [1.165, 1.54) is 0 Å². The van der Waals surface area contributed by atoms with Gasteiger partial charge in [0.05, 0.1) is 13.1 Å². The highest BCUT2D eigenvalue weighted by molar-refractivity contribution is 5.78. The van der Waals surface area contributed by atoms with Gasteiger partial charge in [0.2, 0.25) is 5.91 Å². The highest BCUT2D eigenvalue weighted by Gasteiger charge is 2.08. The van der Waals surface area contributed by atoms with Crippen LogP contribution in [0.25, 0.3) is 0 Å². The Hall–Kier alpha value is -1.27. The van der Waals surface area contributed by atoms with Gasteiger partial charge in [0.25, 0.3) is 0 Å². The molecule has 0 spiro atoms. The van der Waals surface area contributed by atoms with Crippen molar-refractivity contribution in [2.24, 2.45) is 0 Å². The van der Waals surface area contributed by atoms with Crippen LogP contribution in [0.2, 0.25) is 0 Å². The molecule has 0 heterocycles. The standard InChI is InChI=1S/C10H16N2O/c1-4-7-11-9-10(13)12(6-3)8-5-2/h2,4,11H,1,6-9H2,3H3. The number of hydrogen-bond acceptors (Lipinski definition) is 2. The fourth-order valence-corrected chi connectivity index (χ4v) is 0.879. The van der Waals surface area contributed by atoms with Gasteiger partial charge in [-0.05, 0) is 6.92 Å². The summed E-state index contributed by atoms with van der Waals surface area (Å²) in [5.41, 5.74) is 0. The lowest BCUT2D eigenvalue weighted by Crippen LogP contribution is -2.38. The Morgan fingerprint density at radius 2 is 2.46 bits per heavy atom. The molecule has 0 rings (SSSR count). The molecule has 72 valence electrons. The number of rotatable bonds is 6. The van der Waals surface area contributed by atoms with Gasteiger partial charge in [-0.25, -0.2) is 0 Å². The molecule has 0 aromatic carbocycles. The predicted molar refractivity (Wildman–Crippen MR) is 54.2 cm³/mol.